The molecule has 2 fully saturated rings. The number of hydrogen-bond acceptors (Lipinski definition) is 5. The molecule has 0 radical (unpaired) electrons. The number of rotatable bonds is 6. The SMILES string of the molecule is O=C(O)COCC(=O)N1CCC2(CC1)CN(Cc1ccc(C(F)(F)F)cc1)C(=O)O2. The molecule has 164 valence electrons. The number of halogens is 3. The van der Waals surface area contributed by atoms with Gasteiger partial charge in [0.05, 0.1) is 12.1 Å². The van der Waals surface area contributed by atoms with E-state index < -0.39 is 36.0 Å². The van der Waals surface area contributed by atoms with Crippen LogP contribution in [0.1, 0.15) is 24.0 Å². The Morgan fingerprint density at radius 1 is 1.13 bits per heavy atom. The minimum atomic E-state index is -4.42. The van der Waals surface area contributed by atoms with Crippen LogP contribution >= 0.6 is 0 Å². The molecule has 2 saturated heterocycles. The predicted molar refractivity (Wildman–Crippen MR) is 95.3 cm³/mol. The van der Waals surface area contributed by atoms with Crippen LogP contribution in [0, 0.1) is 0 Å². The number of nitrogens with zero attached hydrogens (tertiary/aromatic N) is 2. The maximum atomic E-state index is 12.7. The van der Waals surface area contributed by atoms with Gasteiger partial charge in [0, 0.05) is 32.5 Å². The summed E-state index contributed by atoms with van der Waals surface area (Å²) in [6.07, 6.45) is -4.14. The number of hydrogen-bond donors (Lipinski definition) is 1. The minimum absolute atomic E-state index is 0.129. The van der Waals surface area contributed by atoms with Crippen molar-refractivity contribution in [2.45, 2.75) is 31.2 Å². The van der Waals surface area contributed by atoms with E-state index in [1.165, 1.54) is 21.9 Å². The molecule has 11 heteroatoms. The summed E-state index contributed by atoms with van der Waals surface area (Å²) in [5.41, 5.74) is -0.946. The molecule has 2 amide bonds. The summed E-state index contributed by atoms with van der Waals surface area (Å²) < 4.78 is 48.4. The van der Waals surface area contributed by atoms with Crippen LogP contribution in [0.25, 0.3) is 0 Å². The lowest BCUT2D eigenvalue weighted by atomic mass is 9.91. The first-order valence-electron chi connectivity index (χ1n) is 9.29. The van der Waals surface area contributed by atoms with Gasteiger partial charge >= 0.3 is 18.2 Å². The Morgan fingerprint density at radius 3 is 2.33 bits per heavy atom. The van der Waals surface area contributed by atoms with Gasteiger partial charge in [0.2, 0.25) is 5.91 Å². The van der Waals surface area contributed by atoms with E-state index >= 15 is 0 Å². The van der Waals surface area contributed by atoms with Crippen LogP contribution in [-0.2, 0) is 31.8 Å². The summed E-state index contributed by atoms with van der Waals surface area (Å²) >= 11 is 0. The monoisotopic (exact) mass is 430 g/mol. The predicted octanol–water partition coefficient (Wildman–Crippen LogP) is 2.12. The number of amides is 2. The molecule has 2 aliphatic heterocycles. The third-order valence-corrected chi connectivity index (χ3v) is 5.17. The van der Waals surface area contributed by atoms with Crippen molar-refractivity contribution < 1.29 is 42.1 Å². The van der Waals surface area contributed by atoms with Crippen molar-refractivity contribution in [1.29, 1.82) is 0 Å². The Morgan fingerprint density at radius 2 is 1.77 bits per heavy atom. The summed E-state index contributed by atoms with van der Waals surface area (Å²) in [7, 11) is 0. The summed E-state index contributed by atoms with van der Waals surface area (Å²) in [5, 5.41) is 8.53. The smallest absolute Gasteiger partial charge is 0.416 e. The van der Waals surface area contributed by atoms with Gasteiger partial charge in [-0.05, 0) is 17.7 Å². The van der Waals surface area contributed by atoms with E-state index in [1.54, 1.807) is 0 Å². The molecule has 8 nitrogen and oxygen atoms in total. The second-order valence-electron chi connectivity index (χ2n) is 7.37. The van der Waals surface area contributed by atoms with Gasteiger partial charge in [-0.3, -0.25) is 9.69 Å². The molecular formula is C19H21F3N2O6. The van der Waals surface area contributed by atoms with Gasteiger partial charge in [0.25, 0.3) is 0 Å². The summed E-state index contributed by atoms with van der Waals surface area (Å²) in [6.45, 7) is 0.182. The Bertz CT molecular complexity index is 803. The summed E-state index contributed by atoms with van der Waals surface area (Å²) in [4.78, 5) is 37.7. The molecule has 0 saturated carbocycles. The van der Waals surface area contributed by atoms with E-state index in [-0.39, 0.29) is 25.6 Å². The summed E-state index contributed by atoms with van der Waals surface area (Å²) in [5.74, 6) is -1.50. The fourth-order valence-electron chi connectivity index (χ4n) is 3.58. The van der Waals surface area contributed by atoms with Gasteiger partial charge in [0.1, 0.15) is 18.8 Å². The third-order valence-electron chi connectivity index (χ3n) is 5.17. The van der Waals surface area contributed by atoms with E-state index in [4.69, 9.17) is 14.6 Å². The highest BCUT2D eigenvalue weighted by Gasteiger charge is 2.47. The number of carboxylic acids is 1. The quantitative estimate of drug-likeness (QED) is 0.743. The molecule has 0 aromatic heterocycles. The van der Waals surface area contributed by atoms with Gasteiger partial charge in [-0.2, -0.15) is 13.2 Å². The molecule has 0 unspecified atom stereocenters. The number of benzene rings is 1. The maximum Gasteiger partial charge on any atom is 0.416 e. The Balaban J connectivity index is 1.52. The normalized spacial score (nSPS) is 18.6. The minimum Gasteiger partial charge on any atom is -0.480 e. The number of carboxylic acid groups (broad SMARTS) is 1. The highest BCUT2D eigenvalue weighted by molar-refractivity contribution is 5.78. The van der Waals surface area contributed by atoms with Gasteiger partial charge in [0.15, 0.2) is 0 Å². The van der Waals surface area contributed by atoms with Crippen molar-refractivity contribution in [2.24, 2.45) is 0 Å². The van der Waals surface area contributed by atoms with Gasteiger partial charge in [-0.15, -0.1) is 0 Å². The molecule has 1 spiro atoms. The van der Waals surface area contributed by atoms with Crippen molar-refractivity contribution in [1.82, 2.24) is 9.80 Å². The largest absolute Gasteiger partial charge is 0.480 e. The first-order valence-corrected chi connectivity index (χ1v) is 9.29. The molecular weight excluding hydrogens is 409 g/mol. The van der Waals surface area contributed by atoms with Gasteiger partial charge in [-0.25, -0.2) is 9.59 Å². The zero-order valence-corrected chi connectivity index (χ0v) is 16.0. The topological polar surface area (TPSA) is 96.4 Å². The first kappa shape index (κ1) is 21.9. The lowest BCUT2D eigenvalue weighted by Gasteiger charge is -2.37. The second-order valence-corrected chi connectivity index (χ2v) is 7.37. The molecule has 2 aliphatic rings. The van der Waals surface area contributed by atoms with Crippen molar-refractivity contribution in [3.8, 4) is 0 Å². The zero-order valence-electron chi connectivity index (χ0n) is 16.0. The maximum absolute atomic E-state index is 12.7. The molecule has 0 bridgehead atoms. The van der Waals surface area contributed by atoms with Crippen LogP contribution in [0.3, 0.4) is 0 Å². The highest BCUT2D eigenvalue weighted by atomic mass is 19.4. The Hall–Kier alpha value is -2.82. The fraction of sp³-hybridized carbons (Fsp3) is 0.526. The van der Waals surface area contributed by atoms with E-state index in [0.29, 0.717) is 31.5 Å². The molecule has 30 heavy (non-hydrogen) atoms. The van der Waals surface area contributed by atoms with Crippen LogP contribution in [-0.4, -0.2) is 71.3 Å². The molecule has 0 aliphatic carbocycles. The molecule has 1 aromatic rings. The lowest BCUT2D eigenvalue weighted by molar-refractivity contribution is -0.147. The number of carbonyl (C=O) groups excluding carboxylic acids is 2. The fourth-order valence-corrected chi connectivity index (χ4v) is 3.58. The number of carbonyl (C=O) groups is 3. The van der Waals surface area contributed by atoms with Crippen molar-refractivity contribution in [3.05, 3.63) is 35.4 Å². The summed E-state index contributed by atoms with van der Waals surface area (Å²) in [6, 6.07) is 4.62. The van der Waals surface area contributed by atoms with Crippen LogP contribution in [0.5, 0.6) is 0 Å². The second kappa shape index (κ2) is 8.50. The molecule has 0 atom stereocenters. The average molecular weight is 430 g/mol. The average Bonchev–Trinajstić information content (AvgIpc) is 2.96. The zero-order chi connectivity index (χ0) is 21.9. The molecule has 1 N–H and O–H groups in total. The Kier molecular flexibility index (Phi) is 6.20. The molecule has 1 aromatic carbocycles. The van der Waals surface area contributed by atoms with E-state index in [9.17, 15) is 27.6 Å². The van der Waals surface area contributed by atoms with E-state index in [2.05, 4.69) is 0 Å². The van der Waals surface area contributed by atoms with Crippen molar-refractivity contribution in [3.63, 3.8) is 0 Å². The number of piperidine rings is 1. The Labute approximate surface area is 170 Å². The highest BCUT2D eigenvalue weighted by Crippen LogP contribution is 2.34. The first-order chi connectivity index (χ1) is 14.1. The van der Waals surface area contributed by atoms with Crippen molar-refractivity contribution >= 4 is 18.0 Å². The number of likely N-dealkylation sites (tertiary alicyclic amines) is 1. The van der Waals surface area contributed by atoms with Crippen LogP contribution in [0.2, 0.25) is 0 Å². The number of aliphatic carboxylic acids is 1. The van der Waals surface area contributed by atoms with Crippen LogP contribution < -0.4 is 0 Å². The standard InChI is InChI=1S/C19H21F3N2O6/c20-19(21,22)14-3-1-13(2-4-14)9-24-12-18(30-17(24)28)5-7-23(8-6-18)15(25)10-29-11-16(26)27/h1-4H,5-12H2,(H,26,27). The van der Waals surface area contributed by atoms with Crippen LogP contribution in [0.15, 0.2) is 24.3 Å². The number of alkyl halides is 3. The van der Waals surface area contributed by atoms with Gasteiger partial charge in [-0.1, -0.05) is 12.1 Å². The third kappa shape index (κ3) is 5.21. The number of ether oxygens (including phenoxy) is 2. The van der Waals surface area contributed by atoms with Crippen LogP contribution in [0.4, 0.5) is 18.0 Å². The molecule has 2 heterocycles. The van der Waals surface area contributed by atoms with Gasteiger partial charge < -0.3 is 19.5 Å². The van der Waals surface area contributed by atoms with E-state index in [1.807, 2.05) is 0 Å². The molecule has 3 rings (SSSR count). The van der Waals surface area contributed by atoms with Crippen molar-refractivity contribution in [2.75, 3.05) is 32.8 Å². The van der Waals surface area contributed by atoms with E-state index in [0.717, 1.165) is 12.1 Å². The lowest BCUT2D eigenvalue weighted by Crippen LogP contribution is -2.49.